The van der Waals surface area contributed by atoms with E-state index in [0.717, 1.165) is 12.2 Å². The molecule has 0 aliphatic carbocycles. The van der Waals surface area contributed by atoms with E-state index in [1.807, 2.05) is 12.1 Å². The fourth-order valence-electron chi connectivity index (χ4n) is 1.98. The van der Waals surface area contributed by atoms with Crippen molar-refractivity contribution < 1.29 is 9.53 Å². The third-order valence-electron chi connectivity index (χ3n) is 3.88. The Bertz CT molecular complexity index is 630. The van der Waals surface area contributed by atoms with Crippen molar-refractivity contribution in [2.24, 2.45) is 0 Å². The number of hydrogen-bond donors (Lipinski definition) is 0. The zero-order chi connectivity index (χ0) is 15.5. The van der Waals surface area contributed by atoms with Crippen molar-refractivity contribution in [3.63, 3.8) is 0 Å². The molecule has 3 nitrogen and oxygen atoms in total. The molecular formula is C18H21NO2. The molecule has 1 aromatic carbocycles. The second-order valence-corrected chi connectivity index (χ2v) is 5.80. The lowest BCUT2D eigenvalue weighted by Crippen LogP contribution is -2.14. The predicted octanol–water partition coefficient (Wildman–Crippen LogP) is 4.76. The Morgan fingerprint density at radius 1 is 1.19 bits per heavy atom. The lowest BCUT2D eigenvalue weighted by molar-refractivity contribution is 0.101. The summed E-state index contributed by atoms with van der Waals surface area (Å²) in [4.78, 5) is 15.5. The Hall–Kier alpha value is -2.16. The number of carbonyl (C=O) groups is 1. The van der Waals surface area contributed by atoms with E-state index >= 15 is 0 Å². The summed E-state index contributed by atoms with van der Waals surface area (Å²) in [6.07, 6.45) is 2.66. The maximum Gasteiger partial charge on any atom is 0.219 e. The van der Waals surface area contributed by atoms with Gasteiger partial charge in [-0.25, -0.2) is 4.98 Å². The standard InChI is InChI=1S/C18H21NO2/c1-5-18(3,4)15-6-8-16(9-7-15)21-17-12-14(13(2)20)10-11-19-17/h6-12H,5H2,1-4H3. The van der Waals surface area contributed by atoms with Crippen molar-refractivity contribution in [3.8, 4) is 11.6 Å². The summed E-state index contributed by atoms with van der Waals surface area (Å²) in [5.74, 6) is 1.16. The quantitative estimate of drug-likeness (QED) is 0.742. The van der Waals surface area contributed by atoms with E-state index in [-0.39, 0.29) is 11.2 Å². The van der Waals surface area contributed by atoms with Crippen LogP contribution in [0.4, 0.5) is 0 Å². The molecule has 0 bridgehead atoms. The van der Waals surface area contributed by atoms with Crippen molar-refractivity contribution >= 4 is 5.78 Å². The zero-order valence-electron chi connectivity index (χ0n) is 13.0. The number of Topliss-reactive ketones (excluding diaryl/α,β-unsaturated/α-hetero) is 1. The first-order chi connectivity index (χ1) is 9.92. The molecule has 0 fully saturated rings. The maximum absolute atomic E-state index is 11.4. The maximum atomic E-state index is 11.4. The molecule has 21 heavy (non-hydrogen) atoms. The van der Waals surface area contributed by atoms with Crippen LogP contribution in [0.1, 0.15) is 50.0 Å². The van der Waals surface area contributed by atoms with Gasteiger partial charge in [-0.15, -0.1) is 0 Å². The van der Waals surface area contributed by atoms with Crippen LogP contribution in [0.5, 0.6) is 11.6 Å². The Labute approximate surface area is 126 Å². The minimum Gasteiger partial charge on any atom is -0.439 e. The minimum atomic E-state index is 0.00212. The number of ketones is 1. The summed E-state index contributed by atoms with van der Waals surface area (Å²) < 4.78 is 5.71. The average molecular weight is 283 g/mol. The van der Waals surface area contributed by atoms with Crippen LogP contribution in [-0.4, -0.2) is 10.8 Å². The van der Waals surface area contributed by atoms with Gasteiger partial charge in [-0.05, 0) is 42.5 Å². The van der Waals surface area contributed by atoms with E-state index in [1.54, 1.807) is 18.3 Å². The lowest BCUT2D eigenvalue weighted by Gasteiger charge is -2.23. The first-order valence-electron chi connectivity index (χ1n) is 7.18. The molecule has 0 saturated heterocycles. The van der Waals surface area contributed by atoms with E-state index in [4.69, 9.17) is 4.74 Å². The van der Waals surface area contributed by atoms with Gasteiger partial charge in [-0.1, -0.05) is 32.9 Å². The monoisotopic (exact) mass is 283 g/mol. The number of aromatic nitrogens is 1. The predicted molar refractivity (Wildman–Crippen MR) is 84.1 cm³/mol. The largest absolute Gasteiger partial charge is 0.439 e. The van der Waals surface area contributed by atoms with Crippen molar-refractivity contribution in [3.05, 3.63) is 53.7 Å². The highest BCUT2D eigenvalue weighted by Gasteiger charge is 2.17. The number of nitrogens with zero attached hydrogens (tertiary/aromatic N) is 1. The van der Waals surface area contributed by atoms with Crippen LogP contribution < -0.4 is 4.74 Å². The summed E-state index contributed by atoms with van der Waals surface area (Å²) in [5, 5.41) is 0. The second kappa shape index (κ2) is 6.08. The van der Waals surface area contributed by atoms with E-state index in [0.29, 0.717) is 11.4 Å². The third-order valence-corrected chi connectivity index (χ3v) is 3.88. The molecule has 0 spiro atoms. The molecule has 110 valence electrons. The first kappa shape index (κ1) is 15.2. The third kappa shape index (κ3) is 3.69. The Balaban J connectivity index is 2.17. The molecule has 0 atom stereocenters. The topological polar surface area (TPSA) is 39.2 Å². The zero-order valence-corrected chi connectivity index (χ0v) is 13.0. The minimum absolute atomic E-state index is 0.00212. The molecule has 0 unspecified atom stereocenters. The van der Waals surface area contributed by atoms with Crippen LogP contribution in [0, 0.1) is 0 Å². The van der Waals surface area contributed by atoms with Crippen LogP contribution in [0.15, 0.2) is 42.6 Å². The fourth-order valence-corrected chi connectivity index (χ4v) is 1.98. The number of rotatable bonds is 5. The highest BCUT2D eigenvalue weighted by atomic mass is 16.5. The van der Waals surface area contributed by atoms with Crippen LogP contribution >= 0.6 is 0 Å². The summed E-state index contributed by atoms with van der Waals surface area (Å²) in [5.41, 5.74) is 2.04. The molecule has 1 aromatic heterocycles. The van der Waals surface area contributed by atoms with Gasteiger partial charge in [0.05, 0.1) is 0 Å². The van der Waals surface area contributed by atoms with E-state index in [1.165, 1.54) is 12.5 Å². The molecule has 0 aliphatic rings. The molecule has 0 saturated carbocycles. The molecule has 2 aromatic rings. The number of benzene rings is 1. The molecule has 0 amide bonds. The Kier molecular flexibility index (Phi) is 4.41. The van der Waals surface area contributed by atoms with E-state index in [9.17, 15) is 4.79 Å². The molecular weight excluding hydrogens is 262 g/mol. The summed E-state index contributed by atoms with van der Waals surface area (Å²) >= 11 is 0. The van der Waals surface area contributed by atoms with Gasteiger partial charge < -0.3 is 4.74 Å². The van der Waals surface area contributed by atoms with Gasteiger partial charge in [0.2, 0.25) is 5.88 Å². The van der Waals surface area contributed by atoms with Gasteiger partial charge >= 0.3 is 0 Å². The number of pyridine rings is 1. The van der Waals surface area contributed by atoms with Gasteiger partial charge in [0.15, 0.2) is 5.78 Å². The van der Waals surface area contributed by atoms with Crippen molar-refractivity contribution in [2.45, 2.75) is 39.5 Å². The molecule has 0 aliphatic heterocycles. The van der Waals surface area contributed by atoms with Gasteiger partial charge in [0, 0.05) is 17.8 Å². The van der Waals surface area contributed by atoms with Crippen LogP contribution in [0.2, 0.25) is 0 Å². The van der Waals surface area contributed by atoms with Gasteiger partial charge in [-0.2, -0.15) is 0 Å². The van der Waals surface area contributed by atoms with Gasteiger partial charge in [0.1, 0.15) is 5.75 Å². The SMILES string of the molecule is CCC(C)(C)c1ccc(Oc2cc(C(C)=O)ccn2)cc1. The molecule has 0 radical (unpaired) electrons. The molecule has 1 heterocycles. The summed E-state index contributed by atoms with van der Waals surface area (Å²) in [6.45, 7) is 8.16. The Morgan fingerprint density at radius 3 is 2.43 bits per heavy atom. The van der Waals surface area contributed by atoms with Gasteiger partial charge in [-0.3, -0.25) is 4.79 Å². The summed E-state index contributed by atoms with van der Waals surface area (Å²) in [7, 11) is 0. The molecule has 0 N–H and O–H groups in total. The smallest absolute Gasteiger partial charge is 0.219 e. The van der Waals surface area contributed by atoms with Gasteiger partial charge in [0.25, 0.3) is 0 Å². The number of hydrogen-bond acceptors (Lipinski definition) is 3. The van der Waals surface area contributed by atoms with Crippen molar-refractivity contribution in [1.82, 2.24) is 4.98 Å². The highest BCUT2D eigenvalue weighted by Crippen LogP contribution is 2.29. The van der Waals surface area contributed by atoms with E-state index < -0.39 is 0 Å². The van der Waals surface area contributed by atoms with E-state index in [2.05, 4.69) is 37.9 Å². The number of carbonyl (C=O) groups excluding carboxylic acids is 1. The Morgan fingerprint density at radius 2 is 1.86 bits per heavy atom. The summed E-state index contributed by atoms with van der Waals surface area (Å²) in [6, 6.07) is 11.4. The van der Waals surface area contributed by atoms with Crippen molar-refractivity contribution in [1.29, 1.82) is 0 Å². The highest BCUT2D eigenvalue weighted by molar-refractivity contribution is 5.94. The number of ether oxygens (including phenoxy) is 1. The fraction of sp³-hybridized carbons (Fsp3) is 0.333. The van der Waals surface area contributed by atoms with Crippen molar-refractivity contribution in [2.75, 3.05) is 0 Å². The molecule has 2 rings (SSSR count). The second-order valence-electron chi connectivity index (χ2n) is 5.80. The average Bonchev–Trinajstić information content (AvgIpc) is 2.48. The van der Waals surface area contributed by atoms with Crippen LogP contribution in [-0.2, 0) is 5.41 Å². The van der Waals surface area contributed by atoms with Crippen LogP contribution in [0.3, 0.4) is 0 Å². The first-order valence-corrected chi connectivity index (χ1v) is 7.18. The molecule has 3 heteroatoms. The van der Waals surface area contributed by atoms with Crippen LogP contribution in [0.25, 0.3) is 0 Å². The normalized spacial score (nSPS) is 11.2. The lowest BCUT2D eigenvalue weighted by atomic mass is 9.82.